The predicted molar refractivity (Wildman–Crippen MR) is 85.2 cm³/mol. The summed E-state index contributed by atoms with van der Waals surface area (Å²) in [6.07, 6.45) is 0. The van der Waals surface area contributed by atoms with Crippen molar-refractivity contribution in [1.82, 2.24) is 4.98 Å². The fourth-order valence-electron chi connectivity index (χ4n) is 2.76. The summed E-state index contributed by atoms with van der Waals surface area (Å²) in [7, 11) is 0. The van der Waals surface area contributed by atoms with Crippen LogP contribution in [0.5, 0.6) is 11.5 Å². The minimum absolute atomic E-state index is 0.0853. The van der Waals surface area contributed by atoms with Crippen LogP contribution in [0, 0.1) is 13.8 Å². The Balaban J connectivity index is 1.91. The van der Waals surface area contributed by atoms with Crippen LogP contribution in [0.2, 0.25) is 0 Å². The highest BCUT2D eigenvalue weighted by Gasteiger charge is 2.22. The van der Waals surface area contributed by atoms with Crippen molar-refractivity contribution in [3.05, 3.63) is 34.6 Å². The van der Waals surface area contributed by atoms with Gasteiger partial charge in [-0.15, -0.1) is 0 Å². The number of H-pyrrole nitrogens is 1. The second kappa shape index (κ2) is 5.35. The van der Waals surface area contributed by atoms with Gasteiger partial charge in [0.2, 0.25) is 6.79 Å². The van der Waals surface area contributed by atoms with E-state index in [2.05, 4.69) is 10.3 Å². The van der Waals surface area contributed by atoms with Crippen LogP contribution >= 0.6 is 0 Å². The van der Waals surface area contributed by atoms with Crippen molar-refractivity contribution in [3.63, 3.8) is 0 Å². The van der Waals surface area contributed by atoms with Crippen molar-refractivity contribution in [2.24, 2.45) is 0 Å². The summed E-state index contributed by atoms with van der Waals surface area (Å²) in [5, 5.41) is 2.73. The number of ether oxygens (including phenoxy) is 2. The largest absolute Gasteiger partial charge is 0.454 e. The maximum Gasteiger partial charge on any atom is 0.272 e. The average molecular weight is 315 g/mol. The van der Waals surface area contributed by atoms with Crippen molar-refractivity contribution < 1.29 is 19.1 Å². The number of aryl methyl sites for hydroxylation is 1. The van der Waals surface area contributed by atoms with E-state index >= 15 is 0 Å². The molecule has 2 aromatic rings. The molecule has 0 atom stereocenters. The summed E-state index contributed by atoms with van der Waals surface area (Å²) >= 11 is 0. The Labute approximate surface area is 132 Å². The van der Waals surface area contributed by atoms with Gasteiger partial charge in [-0.2, -0.15) is 0 Å². The minimum Gasteiger partial charge on any atom is -0.454 e. The molecule has 7 nitrogen and oxygen atoms in total. The molecule has 23 heavy (non-hydrogen) atoms. The lowest BCUT2D eigenvalue weighted by Gasteiger charge is -2.09. The van der Waals surface area contributed by atoms with Crippen LogP contribution in [-0.2, 0) is 0 Å². The molecule has 0 saturated carbocycles. The molecule has 0 spiro atoms. The Bertz CT molecular complexity index is 823. The summed E-state index contributed by atoms with van der Waals surface area (Å²) in [5.41, 5.74) is 8.88. The van der Waals surface area contributed by atoms with Gasteiger partial charge in [-0.25, -0.2) is 0 Å². The number of aromatic nitrogens is 1. The van der Waals surface area contributed by atoms with Gasteiger partial charge in [-0.05, 0) is 26.3 Å². The summed E-state index contributed by atoms with van der Waals surface area (Å²) in [4.78, 5) is 27.1. The molecule has 0 fully saturated rings. The number of carbonyl (C=O) groups excluding carboxylic acids is 2. The van der Waals surface area contributed by atoms with E-state index in [-0.39, 0.29) is 18.5 Å². The monoisotopic (exact) mass is 315 g/mol. The number of nitrogens with two attached hydrogens (primary N) is 1. The minimum atomic E-state index is -0.372. The van der Waals surface area contributed by atoms with Gasteiger partial charge >= 0.3 is 0 Å². The molecule has 0 bridgehead atoms. The molecule has 0 unspecified atom stereocenters. The van der Waals surface area contributed by atoms with Gasteiger partial charge in [0, 0.05) is 23.4 Å². The molecule has 2 heterocycles. The quantitative estimate of drug-likeness (QED) is 0.595. The third kappa shape index (κ3) is 2.50. The summed E-state index contributed by atoms with van der Waals surface area (Å²) in [5.74, 6) is 0.617. The van der Waals surface area contributed by atoms with Gasteiger partial charge in [-0.1, -0.05) is 0 Å². The van der Waals surface area contributed by atoms with E-state index in [0.717, 1.165) is 0 Å². The number of fused-ring (bicyclic) bond motifs is 1. The molecule has 120 valence electrons. The first-order chi connectivity index (χ1) is 10.9. The Morgan fingerprint density at radius 3 is 2.48 bits per heavy atom. The van der Waals surface area contributed by atoms with Gasteiger partial charge in [-0.3, -0.25) is 9.59 Å². The molecule has 1 amide bonds. The van der Waals surface area contributed by atoms with E-state index < -0.39 is 0 Å². The lowest BCUT2D eigenvalue weighted by atomic mass is 10.1. The summed E-state index contributed by atoms with van der Waals surface area (Å²) in [6.45, 7) is 5.09. The molecule has 3 rings (SSSR count). The zero-order chi connectivity index (χ0) is 16.7. The first-order valence-electron chi connectivity index (χ1n) is 7.09. The van der Waals surface area contributed by atoms with Crippen molar-refractivity contribution >= 4 is 23.1 Å². The van der Waals surface area contributed by atoms with Crippen LogP contribution in [0.25, 0.3) is 0 Å². The zero-order valence-corrected chi connectivity index (χ0v) is 13.1. The first-order valence-corrected chi connectivity index (χ1v) is 7.09. The summed E-state index contributed by atoms with van der Waals surface area (Å²) in [6, 6.07) is 3.22. The number of carbonyl (C=O) groups is 2. The van der Waals surface area contributed by atoms with Gasteiger partial charge < -0.3 is 25.5 Å². The SMILES string of the molecule is CC(=O)c1c(C)[nH]c(C(=O)Nc2cc3c(cc2N)OCO3)c1C. The number of hydrogen-bond acceptors (Lipinski definition) is 5. The number of rotatable bonds is 3. The normalized spacial score (nSPS) is 12.3. The van der Waals surface area contributed by atoms with E-state index in [4.69, 9.17) is 15.2 Å². The first kappa shape index (κ1) is 15.0. The van der Waals surface area contributed by atoms with Gasteiger partial charge in [0.05, 0.1) is 11.4 Å². The van der Waals surface area contributed by atoms with E-state index in [1.54, 1.807) is 26.0 Å². The van der Waals surface area contributed by atoms with Crippen LogP contribution in [0.3, 0.4) is 0 Å². The van der Waals surface area contributed by atoms with Gasteiger partial charge in [0.15, 0.2) is 17.3 Å². The Kier molecular flexibility index (Phi) is 3.48. The molecule has 1 aliphatic rings. The predicted octanol–water partition coefficient (Wildman–Crippen LogP) is 2.40. The number of nitrogen functional groups attached to an aromatic ring is 1. The summed E-state index contributed by atoms with van der Waals surface area (Å²) < 4.78 is 10.5. The fraction of sp³-hybridized carbons (Fsp3) is 0.250. The standard InChI is InChI=1S/C16H17N3O4/c1-7-14(9(3)20)8(2)18-15(7)16(21)19-11-5-13-12(4-10(11)17)22-6-23-13/h4-5,18H,6,17H2,1-3H3,(H,19,21). The fourth-order valence-corrected chi connectivity index (χ4v) is 2.76. The molecule has 1 aromatic carbocycles. The highest BCUT2D eigenvalue weighted by molar-refractivity contribution is 6.08. The highest BCUT2D eigenvalue weighted by Crippen LogP contribution is 2.38. The Hall–Kier alpha value is -2.96. The molecule has 0 aliphatic carbocycles. The van der Waals surface area contributed by atoms with E-state index in [1.165, 1.54) is 6.92 Å². The zero-order valence-electron chi connectivity index (χ0n) is 13.1. The van der Waals surface area contributed by atoms with Crippen LogP contribution in [0.4, 0.5) is 11.4 Å². The van der Waals surface area contributed by atoms with Crippen molar-refractivity contribution in [1.29, 1.82) is 0 Å². The van der Waals surface area contributed by atoms with Crippen molar-refractivity contribution in [2.75, 3.05) is 17.8 Å². The number of anilines is 2. The van der Waals surface area contributed by atoms with E-state index in [9.17, 15) is 9.59 Å². The molecular weight excluding hydrogens is 298 g/mol. The van der Waals surface area contributed by atoms with Crippen molar-refractivity contribution in [3.8, 4) is 11.5 Å². The van der Waals surface area contributed by atoms with Crippen LogP contribution in [-0.4, -0.2) is 23.5 Å². The maximum absolute atomic E-state index is 12.5. The van der Waals surface area contributed by atoms with Crippen LogP contribution in [0.15, 0.2) is 12.1 Å². The molecule has 1 aromatic heterocycles. The van der Waals surface area contributed by atoms with E-state index in [1.807, 2.05) is 0 Å². The number of aromatic amines is 1. The third-order valence-electron chi connectivity index (χ3n) is 3.81. The van der Waals surface area contributed by atoms with Crippen molar-refractivity contribution in [2.45, 2.75) is 20.8 Å². The lowest BCUT2D eigenvalue weighted by molar-refractivity contribution is 0.101. The molecule has 0 radical (unpaired) electrons. The second-order valence-electron chi connectivity index (χ2n) is 5.43. The molecular formula is C16H17N3O4. The lowest BCUT2D eigenvalue weighted by Crippen LogP contribution is -2.15. The number of Topliss-reactive ketones (excluding diaryl/α,β-unsaturated/α-hetero) is 1. The number of hydrogen-bond donors (Lipinski definition) is 3. The average Bonchev–Trinajstić information content (AvgIpc) is 3.02. The van der Waals surface area contributed by atoms with E-state index in [0.29, 0.717) is 45.4 Å². The smallest absolute Gasteiger partial charge is 0.272 e. The third-order valence-corrected chi connectivity index (χ3v) is 3.81. The van der Waals surface area contributed by atoms with Crippen LogP contribution in [0.1, 0.15) is 39.0 Å². The molecule has 7 heteroatoms. The second-order valence-corrected chi connectivity index (χ2v) is 5.43. The molecule has 1 aliphatic heterocycles. The maximum atomic E-state index is 12.5. The number of ketones is 1. The van der Waals surface area contributed by atoms with Gasteiger partial charge in [0.25, 0.3) is 5.91 Å². The number of nitrogens with one attached hydrogen (secondary N) is 2. The number of benzene rings is 1. The Morgan fingerprint density at radius 1 is 1.22 bits per heavy atom. The van der Waals surface area contributed by atoms with Crippen LogP contribution < -0.4 is 20.5 Å². The highest BCUT2D eigenvalue weighted by atomic mass is 16.7. The molecule has 0 saturated heterocycles. The number of amides is 1. The molecule has 4 N–H and O–H groups in total. The van der Waals surface area contributed by atoms with Gasteiger partial charge in [0.1, 0.15) is 5.69 Å². The topological polar surface area (TPSA) is 106 Å². The Morgan fingerprint density at radius 2 is 1.87 bits per heavy atom.